The second-order valence-corrected chi connectivity index (χ2v) is 7.54. The van der Waals surface area contributed by atoms with E-state index >= 15 is 0 Å². The number of amides is 1. The standard InChI is InChI=1S/C16H18N2O5S/c1-11(16(20)18-8-2-3-9-18)17-24(21,22)13-5-6-14-12(10-13)4-7-15(19)23-14/h4-7,10-11,17H,2-3,8-9H2,1H3/t11-/m1/s1. The first-order valence-corrected chi connectivity index (χ1v) is 9.20. The van der Waals surface area contributed by atoms with Crippen LogP contribution in [-0.4, -0.2) is 38.4 Å². The van der Waals surface area contributed by atoms with E-state index < -0.39 is 21.7 Å². The Hall–Kier alpha value is -2.19. The number of fused-ring (bicyclic) bond motifs is 1. The Morgan fingerprint density at radius 2 is 1.92 bits per heavy atom. The highest BCUT2D eigenvalue weighted by Crippen LogP contribution is 2.18. The van der Waals surface area contributed by atoms with Crippen LogP contribution in [0.4, 0.5) is 0 Å². The fourth-order valence-electron chi connectivity index (χ4n) is 2.78. The number of benzene rings is 1. The van der Waals surface area contributed by atoms with Crippen LogP contribution >= 0.6 is 0 Å². The summed E-state index contributed by atoms with van der Waals surface area (Å²) in [6, 6.07) is 6.08. The van der Waals surface area contributed by atoms with Gasteiger partial charge < -0.3 is 9.32 Å². The Morgan fingerprint density at radius 1 is 1.21 bits per heavy atom. The minimum Gasteiger partial charge on any atom is -0.423 e. The number of carbonyl (C=O) groups is 1. The van der Waals surface area contributed by atoms with Gasteiger partial charge >= 0.3 is 5.63 Å². The molecule has 1 aromatic carbocycles. The smallest absolute Gasteiger partial charge is 0.336 e. The van der Waals surface area contributed by atoms with Gasteiger partial charge in [0.2, 0.25) is 15.9 Å². The molecule has 1 aromatic heterocycles. The summed E-state index contributed by atoms with van der Waals surface area (Å²) in [7, 11) is -3.85. The summed E-state index contributed by atoms with van der Waals surface area (Å²) in [5, 5.41) is 0.496. The second-order valence-electron chi connectivity index (χ2n) is 5.83. The maximum atomic E-state index is 12.5. The van der Waals surface area contributed by atoms with Gasteiger partial charge in [-0.25, -0.2) is 13.2 Å². The molecule has 8 heteroatoms. The average molecular weight is 350 g/mol. The highest BCUT2D eigenvalue weighted by Gasteiger charge is 2.27. The number of sulfonamides is 1. The van der Waals surface area contributed by atoms with Crippen LogP contribution in [0.1, 0.15) is 19.8 Å². The minimum atomic E-state index is -3.85. The van der Waals surface area contributed by atoms with Gasteiger partial charge in [0, 0.05) is 24.5 Å². The van der Waals surface area contributed by atoms with Gasteiger partial charge in [-0.05, 0) is 44.0 Å². The monoisotopic (exact) mass is 350 g/mol. The van der Waals surface area contributed by atoms with Crippen LogP contribution in [0, 0.1) is 0 Å². The molecule has 1 atom stereocenters. The maximum absolute atomic E-state index is 12.5. The summed E-state index contributed by atoms with van der Waals surface area (Å²) in [5.74, 6) is -0.220. The minimum absolute atomic E-state index is 0.0184. The summed E-state index contributed by atoms with van der Waals surface area (Å²) in [6.45, 7) is 2.87. The summed E-state index contributed by atoms with van der Waals surface area (Å²) in [6.07, 6.45) is 1.89. The van der Waals surface area contributed by atoms with Gasteiger partial charge in [0.25, 0.3) is 0 Å². The second kappa shape index (κ2) is 6.37. The first-order valence-electron chi connectivity index (χ1n) is 7.72. The van der Waals surface area contributed by atoms with Gasteiger partial charge in [-0.2, -0.15) is 4.72 Å². The third kappa shape index (κ3) is 3.34. The lowest BCUT2D eigenvalue weighted by atomic mass is 10.2. The van der Waals surface area contributed by atoms with Gasteiger partial charge in [0.05, 0.1) is 10.9 Å². The van der Waals surface area contributed by atoms with Crippen LogP contribution in [0.15, 0.2) is 44.4 Å². The first kappa shape index (κ1) is 16.7. The van der Waals surface area contributed by atoms with Crippen molar-refractivity contribution in [1.82, 2.24) is 9.62 Å². The van der Waals surface area contributed by atoms with E-state index in [0.29, 0.717) is 24.1 Å². The van der Waals surface area contributed by atoms with Crippen LogP contribution in [0.3, 0.4) is 0 Å². The zero-order valence-corrected chi connectivity index (χ0v) is 14.0. The molecule has 0 saturated carbocycles. The molecule has 0 radical (unpaired) electrons. The van der Waals surface area contributed by atoms with Crippen LogP contribution in [0.5, 0.6) is 0 Å². The van der Waals surface area contributed by atoms with E-state index in [0.717, 1.165) is 12.8 Å². The van der Waals surface area contributed by atoms with Crippen LogP contribution in [0.2, 0.25) is 0 Å². The van der Waals surface area contributed by atoms with E-state index in [-0.39, 0.29) is 10.8 Å². The van der Waals surface area contributed by atoms with E-state index in [1.165, 1.54) is 37.3 Å². The summed E-state index contributed by atoms with van der Waals surface area (Å²) in [5.41, 5.74) is -0.191. The van der Waals surface area contributed by atoms with Crippen LogP contribution in [-0.2, 0) is 14.8 Å². The van der Waals surface area contributed by atoms with Crippen molar-refractivity contribution in [2.75, 3.05) is 13.1 Å². The number of likely N-dealkylation sites (tertiary alicyclic amines) is 1. The summed E-state index contributed by atoms with van der Waals surface area (Å²) in [4.78, 5) is 25.1. The number of rotatable bonds is 4. The Kier molecular flexibility index (Phi) is 4.42. The van der Waals surface area contributed by atoms with E-state index in [4.69, 9.17) is 4.42 Å². The predicted molar refractivity (Wildman–Crippen MR) is 88.1 cm³/mol. The van der Waals surface area contributed by atoms with Crippen molar-refractivity contribution in [2.45, 2.75) is 30.7 Å². The number of nitrogens with one attached hydrogen (secondary N) is 1. The van der Waals surface area contributed by atoms with Gasteiger partial charge in [-0.3, -0.25) is 4.79 Å². The molecule has 0 aliphatic carbocycles. The average Bonchev–Trinajstić information content (AvgIpc) is 3.07. The van der Waals surface area contributed by atoms with Crippen molar-refractivity contribution in [3.8, 4) is 0 Å². The normalized spacial score (nSPS) is 16.5. The van der Waals surface area contributed by atoms with E-state index in [2.05, 4.69) is 4.72 Å². The molecule has 3 rings (SSSR count). The first-order chi connectivity index (χ1) is 11.4. The van der Waals surface area contributed by atoms with Crippen molar-refractivity contribution in [3.05, 3.63) is 40.8 Å². The predicted octanol–water partition coefficient (Wildman–Crippen LogP) is 1.08. The van der Waals surface area contributed by atoms with Gasteiger partial charge in [0.1, 0.15) is 5.58 Å². The Bertz CT molecular complexity index is 929. The molecular formula is C16H18N2O5S. The van der Waals surface area contributed by atoms with E-state index in [9.17, 15) is 18.0 Å². The van der Waals surface area contributed by atoms with Crippen molar-refractivity contribution in [3.63, 3.8) is 0 Å². The Morgan fingerprint density at radius 3 is 2.62 bits per heavy atom. The maximum Gasteiger partial charge on any atom is 0.336 e. The SMILES string of the molecule is C[C@@H](NS(=O)(=O)c1ccc2oc(=O)ccc2c1)C(=O)N1CCCC1. The zero-order valence-electron chi connectivity index (χ0n) is 13.2. The van der Waals surface area contributed by atoms with Crippen LogP contribution < -0.4 is 10.3 Å². The molecule has 24 heavy (non-hydrogen) atoms. The Labute approximate surface area is 139 Å². The third-order valence-electron chi connectivity index (χ3n) is 4.02. The van der Waals surface area contributed by atoms with Gasteiger partial charge in [-0.1, -0.05) is 0 Å². The lowest BCUT2D eigenvalue weighted by Gasteiger charge is -2.21. The quantitative estimate of drug-likeness (QED) is 0.833. The molecule has 1 aliphatic heterocycles. The van der Waals surface area contributed by atoms with Crippen molar-refractivity contribution < 1.29 is 17.6 Å². The summed E-state index contributed by atoms with van der Waals surface area (Å²) >= 11 is 0. The van der Waals surface area contributed by atoms with Crippen molar-refractivity contribution in [1.29, 1.82) is 0 Å². The van der Waals surface area contributed by atoms with Gasteiger partial charge in [0.15, 0.2) is 0 Å². The largest absolute Gasteiger partial charge is 0.423 e. The van der Waals surface area contributed by atoms with Gasteiger partial charge in [-0.15, -0.1) is 0 Å². The molecule has 2 heterocycles. The number of carbonyl (C=O) groups excluding carboxylic acids is 1. The topological polar surface area (TPSA) is 96.7 Å². The molecule has 1 amide bonds. The fraction of sp³-hybridized carbons (Fsp3) is 0.375. The third-order valence-corrected chi connectivity index (χ3v) is 5.56. The molecule has 1 fully saturated rings. The highest BCUT2D eigenvalue weighted by atomic mass is 32.2. The molecule has 0 bridgehead atoms. The fourth-order valence-corrected chi connectivity index (χ4v) is 4.01. The molecule has 1 saturated heterocycles. The highest BCUT2D eigenvalue weighted by molar-refractivity contribution is 7.89. The molecule has 128 valence electrons. The Balaban J connectivity index is 1.83. The molecule has 0 spiro atoms. The van der Waals surface area contributed by atoms with E-state index in [1.807, 2.05) is 0 Å². The molecule has 1 aliphatic rings. The molecule has 1 N–H and O–H groups in total. The number of nitrogens with zero attached hydrogens (tertiary/aromatic N) is 1. The molecule has 7 nitrogen and oxygen atoms in total. The summed E-state index contributed by atoms with van der Waals surface area (Å²) < 4.78 is 32.4. The molecule has 2 aromatic rings. The lowest BCUT2D eigenvalue weighted by molar-refractivity contribution is -0.131. The molecule has 0 unspecified atom stereocenters. The molecular weight excluding hydrogens is 332 g/mol. The van der Waals surface area contributed by atoms with E-state index in [1.54, 1.807) is 4.90 Å². The van der Waals surface area contributed by atoms with Crippen molar-refractivity contribution >= 4 is 26.9 Å². The lowest BCUT2D eigenvalue weighted by Crippen LogP contribution is -2.45. The zero-order chi connectivity index (χ0) is 17.3. The number of hydrogen-bond donors (Lipinski definition) is 1. The number of hydrogen-bond acceptors (Lipinski definition) is 5. The van der Waals surface area contributed by atoms with Crippen molar-refractivity contribution in [2.24, 2.45) is 0 Å². The van der Waals surface area contributed by atoms with Crippen LogP contribution in [0.25, 0.3) is 11.0 Å².